The van der Waals surface area contributed by atoms with Crippen LogP contribution in [0, 0.1) is 0 Å². The summed E-state index contributed by atoms with van der Waals surface area (Å²) in [4.78, 5) is 15.4. The smallest absolute Gasteiger partial charge is 0.233 e. The van der Waals surface area contributed by atoms with E-state index in [4.69, 9.17) is 14.7 Å². The van der Waals surface area contributed by atoms with Gasteiger partial charge in [-0.1, -0.05) is 56.6 Å². The van der Waals surface area contributed by atoms with E-state index in [2.05, 4.69) is 0 Å². The van der Waals surface area contributed by atoms with Crippen molar-refractivity contribution < 1.29 is 19.9 Å². The molecule has 0 aromatic carbocycles. The molecule has 1 N–H and O–H groups in total. The molecule has 1 aliphatic rings. The molecule has 0 bridgehead atoms. The van der Waals surface area contributed by atoms with Crippen molar-refractivity contribution in [1.82, 2.24) is 0 Å². The summed E-state index contributed by atoms with van der Waals surface area (Å²) < 4.78 is 0. The van der Waals surface area contributed by atoms with E-state index in [0.29, 0.717) is 19.4 Å². The van der Waals surface area contributed by atoms with E-state index in [1.165, 1.54) is 37.7 Å². The van der Waals surface area contributed by atoms with Crippen LogP contribution in [0.15, 0.2) is 11.6 Å². The number of allylic oxidation sites excluding steroid dienone is 1. The molecule has 0 aromatic rings. The molecule has 21 heavy (non-hydrogen) atoms. The molecule has 1 rings (SSSR count). The molecule has 124 valence electrons. The Morgan fingerprint density at radius 3 is 1.81 bits per heavy atom. The van der Waals surface area contributed by atoms with Crippen molar-refractivity contribution in [2.75, 3.05) is 6.61 Å². The summed E-state index contributed by atoms with van der Waals surface area (Å²) in [5, 5.41) is 9.33. The highest BCUT2D eigenvalue weighted by Gasteiger charge is 2.33. The zero-order valence-electron chi connectivity index (χ0n) is 13.7. The number of hydrogen-bond donors (Lipinski definition) is 1. The van der Waals surface area contributed by atoms with E-state index in [-0.39, 0.29) is 0 Å². The lowest BCUT2D eigenvalue weighted by Gasteiger charge is -2.29. The first-order valence-corrected chi connectivity index (χ1v) is 8.45. The van der Waals surface area contributed by atoms with Crippen LogP contribution in [0.3, 0.4) is 0 Å². The fraction of sp³-hybridized carbons (Fsp3) is 0.882. The summed E-state index contributed by atoms with van der Waals surface area (Å²) in [7, 11) is 0. The van der Waals surface area contributed by atoms with Gasteiger partial charge in [0.25, 0.3) is 0 Å². The zero-order valence-corrected chi connectivity index (χ0v) is 13.7. The van der Waals surface area contributed by atoms with Gasteiger partial charge >= 0.3 is 0 Å². The van der Waals surface area contributed by atoms with E-state index in [1.54, 1.807) is 0 Å². The van der Waals surface area contributed by atoms with Crippen LogP contribution in [0.25, 0.3) is 0 Å². The van der Waals surface area contributed by atoms with Gasteiger partial charge in [0.1, 0.15) is 6.61 Å². The fourth-order valence-corrected chi connectivity index (χ4v) is 2.68. The van der Waals surface area contributed by atoms with Crippen LogP contribution < -0.4 is 0 Å². The van der Waals surface area contributed by atoms with Crippen LogP contribution in [-0.2, 0) is 14.7 Å². The molecule has 1 fully saturated rings. The summed E-state index contributed by atoms with van der Waals surface area (Å²) >= 11 is 0. The van der Waals surface area contributed by atoms with Crippen LogP contribution in [-0.4, -0.2) is 17.7 Å². The van der Waals surface area contributed by atoms with E-state index < -0.39 is 5.79 Å². The largest absolute Gasteiger partial charge is 0.249 e. The van der Waals surface area contributed by atoms with E-state index in [1.807, 2.05) is 19.9 Å². The van der Waals surface area contributed by atoms with Crippen molar-refractivity contribution in [2.45, 2.75) is 90.3 Å². The summed E-state index contributed by atoms with van der Waals surface area (Å²) in [5.74, 6) is -0.991. The van der Waals surface area contributed by atoms with Crippen molar-refractivity contribution in [2.24, 2.45) is 0 Å². The fourth-order valence-electron chi connectivity index (χ4n) is 2.68. The van der Waals surface area contributed by atoms with Crippen LogP contribution >= 0.6 is 0 Å². The Kier molecular flexibility index (Phi) is 9.92. The molecule has 1 saturated carbocycles. The molecule has 0 saturated heterocycles. The summed E-state index contributed by atoms with van der Waals surface area (Å²) in [6.07, 6.45) is 14.1. The second-order valence-corrected chi connectivity index (χ2v) is 6.33. The maximum atomic E-state index is 9.33. The zero-order chi connectivity index (χ0) is 15.4. The van der Waals surface area contributed by atoms with Gasteiger partial charge in [-0.3, -0.25) is 0 Å². The molecule has 0 unspecified atom stereocenters. The quantitative estimate of drug-likeness (QED) is 0.243. The first-order valence-electron chi connectivity index (χ1n) is 8.45. The van der Waals surface area contributed by atoms with Gasteiger partial charge in [0.2, 0.25) is 5.79 Å². The highest BCUT2D eigenvalue weighted by molar-refractivity contribution is 4.92. The minimum absolute atomic E-state index is 0.382. The third-order valence-electron chi connectivity index (χ3n) is 4.05. The molecule has 0 aliphatic heterocycles. The van der Waals surface area contributed by atoms with Gasteiger partial charge in [0, 0.05) is 12.8 Å². The van der Waals surface area contributed by atoms with Crippen molar-refractivity contribution in [3.05, 3.63) is 11.6 Å². The van der Waals surface area contributed by atoms with Crippen molar-refractivity contribution in [3.8, 4) is 0 Å². The second kappa shape index (κ2) is 11.2. The Bertz CT molecular complexity index is 273. The Morgan fingerprint density at radius 2 is 1.38 bits per heavy atom. The minimum atomic E-state index is -0.991. The molecule has 4 nitrogen and oxygen atoms in total. The predicted molar refractivity (Wildman–Crippen MR) is 83.7 cm³/mol. The average molecular weight is 300 g/mol. The van der Waals surface area contributed by atoms with Crippen molar-refractivity contribution in [3.63, 3.8) is 0 Å². The Morgan fingerprint density at radius 1 is 0.905 bits per heavy atom. The molecule has 4 heteroatoms. The topological polar surface area (TPSA) is 47.9 Å². The lowest BCUT2D eigenvalue weighted by atomic mass is 9.97. The number of hydrogen-bond acceptors (Lipinski definition) is 4. The first kappa shape index (κ1) is 18.6. The third kappa shape index (κ3) is 8.57. The molecular weight excluding hydrogens is 268 g/mol. The first-order chi connectivity index (χ1) is 10.2. The van der Waals surface area contributed by atoms with E-state index in [9.17, 15) is 5.26 Å². The molecular formula is C17H32O4. The van der Waals surface area contributed by atoms with Gasteiger partial charge in [-0.15, -0.1) is 0 Å². The average Bonchev–Trinajstić information content (AvgIpc) is 2.46. The molecule has 0 aromatic heterocycles. The van der Waals surface area contributed by atoms with Crippen LogP contribution in [0.4, 0.5) is 0 Å². The van der Waals surface area contributed by atoms with Crippen LogP contribution in [0.1, 0.15) is 84.5 Å². The molecule has 0 amide bonds. The maximum Gasteiger partial charge on any atom is 0.233 e. The van der Waals surface area contributed by atoms with Crippen LogP contribution in [0.2, 0.25) is 0 Å². The van der Waals surface area contributed by atoms with Gasteiger partial charge in [0.15, 0.2) is 0 Å². The normalized spacial score (nSPS) is 21.1. The summed E-state index contributed by atoms with van der Waals surface area (Å²) in [5.41, 5.74) is 1.18. The van der Waals surface area contributed by atoms with Crippen molar-refractivity contribution >= 4 is 0 Å². The molecule has 0 atom stereocenters. The Labute approximate surface area is 129 Å². The SMILES string of the molecule is CC(C)=CCOOC1(OO)CCCCCCCCCCC1. The number of rotatable bonds is 5. The minimum Gasteiger partial charge on any atom is -0.249 e. The summed E-state index contributed by atoms with van der Waals surface area (Å²) in [6.45, 7) is 4.41. The van der Waals surface area contributed by atoms with Gasteiger partial charge in [0.05, 0.1) is 0 Å². The van der Waals surface area contributed by atoms with E-state index >= 15 is 0 Å². The molecule has 1 aliphatic carbocycles. The lowest BCUT2D eigenvalue weighted by molar-refractivity contribution is -0.501. The second-order valence-electron chi connectivity index (χ2n) is 6.33. The standard InChI is InChI=1S/C17H32O4/c1-16(2)12-15-19-21-17(20-18)13-10-8-6-4-3-5-7-9-11-14-17/h12,18H,3-11,13-15H2,1-2H3. The van der Waals surface area contributed by atoms with Crippen LogP contribution in [0.5, 0.6) is 0 Å². The maximum absolute atomic E-state index is 9.33. The third-order valence-corrected chi connectivity index (χ3v) is 4.05. The Hall–Kier alpha value is -0.420. The van der Waals surface area contributed by atoms with Crippen molar-refractivity contribution in [1.29, 1.82) is 0 Å². The molecule has 0 spiro atoms. The highest BCUT2D eigenvalue weighted by Crippen LogP contribution is 2.29. The van der Waals surface area contributed by atoms with Gasteiger partial charge in [-0.2, -0.15) is 4.89 Å². The predicted octanol–water partition coefficient (Wildman–Crippen LogP) is 5.39. The highest BCUT2D eigenvalue weighted by atomic mass is 17.3. The van der Waals surface area contributed by atoms with Gasteiger partial charge in [-0.05, 0) is 26.7 Å². The van der Waals surface area contributed by atoms with Gasteiger partial charge < -0.3 is 0 Å². The summed E-state index contributed by atoms with van der Waals surface area (Å²) in [6, 6.07) is 0. The molecule has 0 heterocycles. The van der Waals surface area contributed by atoms with Gasteiger partial charge in [-0.25, -0.2) is 15.0 Å². The monoisotopic (exact) mass is 300 g/mol. The Balaban J connectivity index is 2.47. The van der Waals surface area contributed by atoms with E-state index in [0.717, 1.165) is 25.7 Å². The lowest BCUT2D eigenvalue weighted by Crippen LogP contribution is -2.35. The molecule has 0 radical (unpaired) electrons.